The summed E-state index contributed by atoms with van der Waals surface area (Å²) in [6.07, 6.45) is 5.15. The molecular formula is C16H24O. The van der Waals surface area contributed by atoms with Gasteiger partial charge in [-0.3, -0.25) is 0 Å². The summed E-state index contributed by atoms with van der Waals surface area (Å²) < 4.78 is 0. The third-order valence-electron chi connectivity index (χ3n) is 3.33. The SMILES string of the molecule is CCCc1ccc(C(CC)CCC(C)=O)cc1. The Hall–Kier alpha value is -1.11. The summed E-state index contributed by atoms with van der Waals surface area (Å²) >= 11 is 0. The highest BCUT2D eigenvalue weighted by atomic mass is 16.1. The molecule has 0 saturated carbocycles. The Morgan fingerprint density at radius 1 is 1.18 bits per heavy atom. The molecule has 1 rings (SSSR count). The summed E-state index contributed by atoms with van der Waals surface area (Å²) in [5, 5.41) is 0. The van der Waals surface area contributed by atoms with Gasteiger partial charge in [-0.05, 0) is 43.2 Å². The second-order valence-electron chi connectivity index (χ2n) is 4.84. The van der Waals surface area contributed by atoms with Gasteiger partial charge in [0, 0.05) is 6.42 Å². The van der Waals surface area contributed by atoms with E-state index in [0.717, 1.165) is 19.3 Å². The predicted octanol–water partition coefficient (Wildman–Crippen LogP) is 4.50. The largest absolute Gasteiger partial charge is 0.300 e. The van der Waals surface area contributed by atoms with E-state index in [2.05, 4.69) is 38.1 Å². The summed E-state index contributed by atoms with van der Waals surface area (Å²) in [5.41, 5.74) is 2.80. The van der Waals surface area contributed by atoms with E-state index >= 15 is 0 Å². The zero-order valence-corrected chi connectivity index (χ0v) is 11.3. The number of benzene rings is 1. The number of carbonyl (C=O) groups excluding carboxylic acids is 1. The molecule has 1 aromatic carbocycles. The Labute approximate surface area is 105 Å². The number of Topliss-reactive ketones (excluding diaryl/α,β-unsaturated/α-hetero) is 1. The van der Waals surface area contributed by atoms with Gasteiger partial charge in [-0.1, -0.05) is 44.5 Å². The molecule has 1 atom stereocenters. The number of hydrogen-bond donors (Lipinski definition) is 0. The van der Waals surface area contributed by atoms with Crippen LogP contribution in [0.3, 0.4) is 0 Å². The lowest BCUT2D eigenvalue weighted by molar-refractivity contribution is -0.117. The molecule has 0 saturated heterocycles. The molecule has 1 aromatic rings. The minimum atomic E-state index is 0.297. The normalized spacial score (nSPS) is 12.4. The average molecular weight is 232 g/mol. The molecule has 0 radical (unpaired) electrons. The van der Waals surface area contributed by atoms with Crippen LogP contribution in [0.2, 0.25) is 0 Å². The molecule has 0 N–H and O–H groups in total. The van der Waals surface area contributed by atoms with Crippen molar-refractivity contribution in [2.75, 3.05) is 0 Å². The smallest absolute Gasteiger partial charge is 0.129 e. The number of hydrogen-bond acceptors (Lipinski definition) is 1. The van der Waals surface area contributed by atoms with Crippen molar-refractivity contribution in [3.8, 4) is 0 Å². The van der Waals surface area contributed by atoms with Crippen LogP contribution in [0, 0.1) is 0 Å². The Bertz CT molecular complexity index is 337. The van der Waals surface area contributed by atoms with Gasteiger partial charge in [0.2, 0.25) is 0 Å². The first kappa shape index (κ1) is 14.0. The van der Waals surface area contributed by atoms with Gasteiger partial charge in [0.25, 0.3) is 0 Å². The molecular weight excluding hydrogens is 208 g/mol. The molecule has 0 heterocycles. The summed E-state index contributed by atoms with van der Waals surface area (Å²) in [5.74, 6) is 0.834. The van der Waals surface area contributed by atoms with E-state index in [1.807, 2.05) is 0 Å². The van der Waals surface area contributed by atoms with E-state index in [9.17, 15) is 4.79 Å². The predicted molar refractivity (Wildman–Crippen MR) is 73.4 cm³/mol. The maximum absolute atomic E-state index is 11.0. The Balaban J connectivity index is 2.64. The number of carbonyl (C=O) groups is 1. The van der Waals surface area contributed by atoms with Gasteiger partial charge in [0.05, 0.1) is 0 Å². The van der Waals surface area contributed by atoms with Crippen LogP contribution in [0.5, 0.6) is 0 Å². The maximum atomic E-state index is 11.0. The van der Waals surface area contributed by atoms with E-state index < -0.39 is 0 Å². The van der Waals surface area contributed by atoms with Gasteiger partial charge < -0.3 is 4.79 Å². The van der Waals surface area contributed by atoms with E-state index in [4.69, 9.17) is 0 Å². The molecule has 0 aromatic heterocycles. The Kier molecular flexibility index (Phi) is 5.96. The molecule has 1 unspecified atom stereocenters. The molecule has 0 aliphatic heterocycles. The Morgan fingerprint density at radius 2 is 1.82 bits per heavy atom. The minimum absolute atomic E-state index is 0.297. The Morgan fingerprint density at radius 3 is 2.29 bits per heavy atom. The second kappa shape index (κ2) is 7.26. The number of ketones is 1. The lowest BCUT2D eigenvalue weighted by atomic mass is 9.90. The minimum Gasteiger partial charge on any atom is -0.300 e. The topological polar surface area (TPSA) is 17.1 Å². The van der Waals surface area contributed by atoms with Crippen molar-refractivity contribution in [2.45, 2.75) is 58.8 Å². The van der Waals surface area contributed by atoms with Gasteiger partial charge in [0.15, 0.2) is 0 Å². The van der Waals surface area contributed by atoms with Crippen LogP contribution in [-0.4, -0.2) is 5.78 Å². The molecule has 0 aliphatic rings. The molecule has 0 bridgehead atoms. The zero-order chi connectivity index (χ0) is 12.7. The third-order valence-corrected chi connectivity index (χ3v) is 3.33. The van der Waals surface area contributed by atoms with Crippen LogP contribution in [0.25, 0.3) is 0 Å². The van der Waals surface area contributed by atoms with Crippen molar-refractivity contribution >= 4 is 5.78 Å². The van der Waals surface area contributed by atoms with Crippen molar-refractivity contribution < 1.29 is 4.79 Å². The molecule has 17 heavy (non-hydrogen) atoms. The van der Waals surface area contributed by atoms with E-state index in [0.29, 0.717) is 18.1 Å². The van der Waals surface area contributed by atoms with Crippen LogP contribution < -0.4 is 0 Å². The van der Waals surface area contributed by atoms with E-state index in [1.54, 1.807) is 6.92 Å². The quantitative estimate of drug-likeness (QED) is 0.676. The third kappa shape index (κ3) is 4.72. The van der Waals surface area contributed by atoms with Gasteiger partial charge in [-0.15, -0.1) is 0 Å². The van der Waals surface area contributed by atoms with Crippen LogP contribution in [0.15, 0.2) is 24.3 Å². The zero-order valence-electron chi connectivity index (χ0n) is 11.3. The van der Waals surface area contributed by atoms with Crippen molar-refractivity contribution in [1.82, 2.24) is 0 Å². The standard InChI is InChI=1S/C16H24O/c1-4-6-14-8-11-16(12-9-14)15(5-2)10-7-13(3)17/h8-9,11-12,15H,4-7,10H2,1-3H3. The molecule has 0 aliphatic carbocycles. The van der Waals surface area contributed by atoms with Crippen LogP contribution >= 0.6 is 0 Å². The first-order valence-electron chi connectivity index (χ1n) is 6.75. The van der Waals surface area contributed by atoms with Gasteiger partial charge in [0.1, 0.15) is 5.78 Å². The summed E-state index contributed by atoms with van der Waals surface area (Å²) in [6, 6.07) is 8.93. The monoisotopic (exact) mass is 232 g/mol. The van der Waals surface area contributed by atoms with Gasteiger partial charge in [-0.25, -0.2) is 0 Å². The molecule has 94 valence electrons. The van der Waals surface area contributed by atoms with Crippen molar-refractivity contribution in [3.05, 3.63) is 35.4 Å². The van der Waals surface area contributed by atoms with Crippen molar-refractivity contribution in [3.63, 3.8) is 0 Å². The summed E-state index contributed by atoms with van der Waals surface area (Å²) in [4.78, 5) is 11.0. The summed E-state index contributed by atoms with van der Waals surface area (Å²) in [7, 11) is 0. The summed E-state index contributed by atoms with van der Waals surface area (Å²) in [6.45, 7) is 6.08. The van der Waals surface area contributed by atoms with E-state index in [-0.39, 0.29) is 0 Å². The maximum Gasteiger partial charge on any atom is 0.129 e. The highest BCUT2D eigenvalue weighted by Gasteiger charge is 2.10. The van der Waals surface area contributed by atoms with Crippen LogP contribution in [0.1, 0.15) is 63.5 Å². The fourth-order valence-corrected chi connectivity index (χ4v) is 2.23. The first-order chi connectivity index (χ1) is 8.17. The molecule has 0 spiro atoms. The van der Waals surface area contributed by atoms with Crippen molar-refractivity contribution in [2.24, 2.45) is 0 Å². The van der Waals surface area contributed by atoms with Crippen LogP contribution in [0.4, 0.5) is 0 Å². The lowest BCUT2D eigenvalue weighted by Gasteiger charge is -2.15. The van der Waals surface area contributed by atoms with Crippen LogP contribution in [-0.2, 0) is 11.2 Å². The lowest BCUT2D eigenvalue weighted by Crippen LogP contribution is -2.01. The highest BCUT2D eigenvalue weighted by Crippen LogP contribution is 2.25. The average Bonchev–Trinajstić information content (AvgIpc) is 2.32. The second-order valence-corrected chi connectivity index (χ2v) is 4.84. The number of aryl methyl sites for hydroxylation is 1. The van der Waals surface area contributed by atoms with Gasteiger partial charge >= 0.3 is 0 Å². The molecule has 0 amide bonds. The molecule has 0 fully saturated rings. The highest BCUT2D eigenvalue weighted by molar-refractivity contribution is 5.75. The van der Waals surface area contributed by atoms with E-state index in [1.165, 1.54) is 17.5 Å². The molecule has 1 heteroatoms. The fraction of sp³-hybridized carbons (Fsp3) is 0.562. The fourth-order valence-electron chi connectivity index (χ4n) is 2.23. The van der Waals surface area contributed by atoms with Gasteiger partial charge in [-0.2, -0.15) is 0 Å². The number of rotatable bonds is 7. The van der Waals surface area contributed by atoms with Crippen molar-refractivity contribution in [1.29, 1.82) is 0 Å². The first-order valence-corrected chi connectivity index (χ1v) is 6.75. The molecule has 1 nitrogen and oxygen atoms in total.